The van der Waals surface area contributed by atoms with Crippen LogP contribution in [0.5, 0.6) is 5.75 Å². The largest absolute Gasteiger partial charge is 0.492 e. The molecule has 0 N–H and O–H groups in total. The molecule has 1 aromatic heterocycles. The van der Waals surface area contributed by atoms with E-state index in [0.29, 0.717) is 31.3 Å². The van der Waals surface area contributed by atoms with Crippen molar-refractivity contribution in [1.82, 2.24) is 14.2 Å². The second-order valence-electron chi connectivity index (χ2n) is 7.69. The van der Waals surface area contributed by atoms with Gasteiger partial charge in [0.25, 0.3) is 0 Å². The molecule has 0 spiro atoms. The summed E-state index contributed by atoms with van der Waals surface area (Å²) in [5, 5.41) is 0. The van der Waals surface area contributed by atoms with Gasteiger partial charge in [-0.05, 0) is 42.8 Å². The molecule has 1 aromatic carbocycles. The van der Waals surface area contributed by atoms with Crippen LogP contribution < -0.4 is 9.64 Å². The van der Waals surface area contributed by atoms with E-state index in [1.54, 1.807) is 12.1 Å². The van der Waals surface area contributed by atoms with Crippen LogP contribution in [-0.4, -0.2) is 76.0 Å². The van der Waals surface area contributed by atoms with E-state index in [2.05, 4.69) is 9.88 Å². The van der Waals surface area contributed by atoms with Crippen LogP contribution in [0.2, 0.25) is 0 Å². The van der Waals surface area contributed by atoms with E-state index in [-0.39, 0.29) is 4.90 Å². The maximum absolute atomic E-state index is 12.7. The number of hydrogen-bond acceptors (Lipinski definition) is 6. The van der Waals surface area contributed by atoms with E-state index >= 15 is 0 Å². The molecule has 7 nitrogen and oxygen atoms in total. The third kappa shape index (κ3) is 6.11. The highest BCUT2D eigenvalue weighted by Crippen LogP contribution is 2.29. The molecular formula is C21H27F3N4O3S. The van der Waals surface area contributed by atoms with E-state index < -0.39 is 21.8 Å². The zero-order valence-corrected chi connectivity index (χ0v) is 18.9. The first-order valence-corrected chi connectivity index (χ1v) is 11.7. The highest BCUT2D eigenvalue weighted by atomic mass is 32.2. The molecule has 1 fully saturated rings. The highest BCUT2D eigenvalue weighted by Gasteiger charge is 2.31. The number of halogens is 3. The molecule has 0 atom stereocenters. The lowest BCUT2D eigenvalue weighted by atomic mass is 10.2. The van der Waals surface area contributed by atoms with Gasteiger partial charge in [0.1, 0.15) is 18.2 Å². The molecule has 176 valence electrons. The zero-order chi connectivity index (χ0) is 23.4. The summed E-state index contributed by atoms with van der Waals surface area (Å²) in [6, 6.07) is 8.79. The van der Waals surface area contributed by atoms with Gasteiger partial charge in [0.2, 0.25) is 10.0 Å². The van der Waals surface area contributed by atoms with Crippen molar-refractivity contribution in [3.05, 3.63) is 48.2 Å². The summed E-state index contributed by atoms with van der Waals surface area (Å²) in [6.07, 6.45) is -2.65. The fourth-order valence-electron chi connectivity index (χ4n) is 3.38. The molecule has 3 rings (SSSR count). The van der Waals surface area contributed by atoms with Gasteiger partial charge in [0.15, 0.2) is 0 Å². The summed E-state index contributed by atoms with van der Waals surface area (Å²) in [5.74, 6) is 1.14. The minimum absolute atomic E-state index is 0.208. The Morgan fingerprint density at radius 1 is 1.03 bits per heavy atom. The first-order valence-electron chi connectivity index (χ1n) is 10.2. The molecule has 0 amide bonds. The van der Waals surface area contributed by atoms with Crippen LogP contribution in [0.25, 0.3) is 0 Å². The van der Waals surface area contributed by atoms with Crippen molar-refractivity contribution in [1.29, 1.82) is 0 Å². The molecule has 1 saturated heterocycles. The first-order chi connectivity index (χ1) is 15.1. The van der Waals surface area contributed by atoms with Crippen molar-refractivity contribution in [2.75, 3.05) is 58.3 Å². The summed E-state index contributed by atoms with van der Waals surface area (Å²) >= 11 is 0. The van der Waals surface area contributed by atoms with Gasteiger partial charge in [-0.25, -0.2) is 17.7 Å². The minimum Gasteiger partial charge on any atom is -0.492 e. The average Bonchev–Trinajstić information content (AvgIpc) is 2.99. The number of rotatable bonds is 7. The summed E-state index contributed by atoms with van der Waals surface area (Å²) in [6.45, 7) is 4.10. The lowest BCUT2D eigenvalue weighted by molar-refractivity contribution is -0.137. The van der Waals surface area contributed by atoms with Crippen molar-refractivity contribution in [3.8, 4) is 5.75 Å². The Morgan fingerprint density at radius 2 is 1.75 bits per heavy atom. The standard InChI is InChI=1S/C21H27F3N4O3S/c1-26(2)32(29,30)19-7-5-18(6-8-19)31-15-14-27-10-3-11-28(13-12-27)20-9-4-17(16-25-20)21(22,23)24/h4-9,16H,3,10-15H2,1-2H3. The maximum atomic E-state index is 12.7. The van der Waals surface area contributed by atoms with Crippen LogP contribution >= 0.6 is 0 Å². The van der Waals surface area contributed by atoms with Gasteiger partial charge in [-0.15, -0.1) is 0 Å². The van der Waals surface area contributed by atoms with E-state index in [9.17, 15) is 21.6 Å². The second-order valence-corrected chi connectivity index (χ2v) is 9.84. The number of ether oxygens (including phenoxy) is 1. The summed E-state index contributed by atoms with van der Waals surface area (Å²) < 4.78 is 69.3. The third-order valence-electron chi connectivity index (χ3n) is 5.27. The van der Waals surface area contributed by atoms with Crippen LogP contribution in [-0.2, 0) is 16.2 Å². The first kappa shape index (κ1) is 24.3. The fourth-order valence-corrected chi connectivity index (χ4v) is 4.28. The topological polar surface area (TPSA) is 66.0 Å². The maximum Gasteiger partial charge on any atom is 0.417 e. The fraction of sp³-hybridized carbons (Fsp3) is 0.476. The number of anilines is 1. The van der Waals surface area contributed by atoms with Crippen molar-refractivity contribution < 1.29 is 26.3 Å². The monoisotopic (exact) mass is 472 g/mol. The van der Waals surface area contributed by atoms with E-state index in [0.717, 1.165) is 42.6 Å². The highest BCUT2D eigenvalue weighted by molar-refractivity contribution is 7.89. The van der Waals surface area contributed by atoms with Gasteiger partial charge in [0.05, 0.1) is 10.5 Å². The SMILES string of the molecule is CN(C)S(=O)(=O)c1ccc(OCCN2CCCN(c3ccc(C(F)(F)F)cn3)CC2)cc1. The Labute approximate surface area is 186 Å². The van der Waals surface area contributed by atoms with Crippen LogP contribution in [0.3, 0.4) is 0 Å². The second kappa shape index (κ2) is 10.1. The number of pyridine rings is 1. The lowest BCUT2D eigenvalue weighted by Gasteiger charge is -2.23. The van der Waals surface area contributed by atoms with Crippen molar-refractivity contribution in [2.24, 2.45) is 0 Å². The van der Waals surface area contributed by atoms with E-state index in [1.807, 2.05) is 4.90 Å². The number of sulfonamides is 1. The van der Waals surface area contributed by atoms with Gasteiger partial charge in [0, 0.05) is 53.0 Å². The summed E-state index contributed by atoms with van der Waals surface area (Å²) in [5.41, 5.74) is -0.748. The number of nitrogens with zero attached hydrogens (tertiary/aromatic N) is 4. The molecule has 1 aliphatic heterocycles. The van der Waals surface area contributed by atoms with Crippen LogP contribution in [0.1, 0.15) is 12.0 Å². The Kier molecular flexibility index (Phi) is 7.63. The van der Waals surface area contributed by atoms with E-state index in [4.69, 9.17) is 4.74 Å². The molecule has 32 heavy (non-hydrogen) atoms. The molecule has 0 bridgehead atoms. The molecule has 0 saturated carbocycles. The van der Waals surface area contributed by atoms with Crippen molar-refractivity contribution >= 4 is 15.8 Å². The van der Waals surface area contributed by atoms with Gasteiger partial charge in [-0.1, -0.05) is 0 Å². The molecule has 2 heterocycles. The van der Waals surface area contributed by atoms with E-state index in [1.165, 1.54) is 32.3 Å². The molecule has 0 unspecified atom stereocenters. The normalized spacial score (nSPS) is 16.2. The smallest absolute Gasteiger partial charge is 0.417 e. The Bertz CT molecular complexity index is 981. The van der Waals surface area contributed by atoms with Gasteiger partial charge < -0.3 is 9.64 Å². The van der Waals surface area contributed by atoms with Crippen molar-refractivity contribution in [2.45, 2.75) is 17.5 Å². The summed E-state index contributed by atoms with van der Waals surface area (Å²) in [7, 11) is -0.505. The van der Waals surface area contributed by atoms with Crippen molar-refractivity contribution in [3.63, 3.8) is 0 Å². The van der Waals surface area contributed by atoms with Crippen LogP contribution in [0.4, 0.5) is 19.0 Å². The number of alkyl halides is 3. The number of benzene rings is 1. The average molecular weight is 473 g/mol. The molecule has 1 aliphatic rings. The molecule has 2 aromatic rings. The molecule has 0 aliphatic carbocycles. The number of hydrogen-bond donors (Lipinski definition) is 0. The Balaban J connectivity index is 1.47. The number of aromatic nitrogens is 1. The third-order valence-corrected chi connectivity index (χ3v) is 7.10. The quantitative estimate of drug-likeness (QED) is 0.618. The predicted octanol–water partition coefficient (Wildman–Crippen LogP) is 2.94. The predicted molar refractivity (Wildman–Crippen MR) is 115 cm³/mol. The van der Waals surface area contributed by atoms with Gasteiger partial charge in [-0.2, -0.15) is 13.2 Å². The Morgan fingerprint density at radius 3 is 2.34 bits per heavy atom. The van der Waals surface area contributed by atoms with Crippen LogP contribution in [0, 0.1) is 0 Å². The Hall–Kier alpha value is -2.37. The lowest BCUT2D eigenvalue weighted by Crippen LogP contribution is -2.33. The van der Waals surface area contributed by atoms with Crippen LogP contribution in [0.15, 0.2) is 47.5 Å². The summed E-state index contributed by atoms with van der Waals surface area (Å²) in [4.78, 5) is 8.42. The molecular weight excluding hydrogens is 445 g/mol. The van der Waals surface area contributed by atoms with Gasteiger partial charge in [-0.3, -0.25) is 4.90 Å². The van der Waals surface area contributed by atoms with Gasteiger partial charge >= 0.3 is 6.18 Å². The molecule has 0 radical (unpaired) electrons. The minimum atomic E-state index is -4.39. The molecule has 11 heteroatoms. The zero-order valence-electron chi connectivity index (χ0n) is 18.0.